The Morgan fingerprint density at radius 3 is 2.93 bits per heavy atom. The van der Waals surface area contributed by atoms with Gasteiger partial charge in [0.05, 0.1) is 0 Å². The molecule has 0 spiro atoms. The maximum atomic E-state index is 4.31. The summed E-state index contributed by atoms with van der Waals surface area (Å²) >= 11 is 1.85. The highest BCUT2D eigenvalue weighted by Crippen LogP contribution is 2.09. The van der Waals surface area contributed by atoms with Crippen molar-refractivity contribution in [3.63, 3.8) is 0 Å². The number of hydrogen-bond acceptors (Lipinski definition) is 4. The summed E-state index contributed by atoms with van der Waals surface area (Å²) in [6, 6.07) is 2.41. The Balaban J connectivity index is 2.57. The van der Waals surface area contributed by atoms with Crippen LogP contribution in [0.25, 0.3) is 0 Å². The van der Waals surface area contributed by atoms with Gasteiger partial charge in [-0.3, -0.25) is 0 Å². The van der Waals surface area contributed by atoms with Crippen LogP contribution in [0.4, 0.5) is 5.82 Å². The van der Waals surface area contributed by atoms with Crippen molar-refractivity contribution in [3.05, 3.63) is 18.1 Å². The van der Waals surface area contributed by atoms with E-state index in [9.17, 15) is 0 Å². The van der Waals surface area contributed by atoms with Crippen LogP contribution >= 0.6 is 11.8 Å². The summed E-state index contributed by atoms with van der Waals surface area (Å²) in [4.78, 5) is 8.37. The molecule has 0 aliphatic carbocycles. The molecule has 0 saturated carbocycles. The van der Waals surface area contributed by atoms with Crippen molar-refractivity contribution < 1.29 is 0 Å². The van der Waals surface area contributed by atoms with Crippen molar-refractivity contribution >= 4 is 17.6 Å². The first-order valence-corrected chi connectivity index (χ1v) is 6.20. The quantitative estimate of drug-likeness (QED) is 0.811. The summed E-state index contributed by atoms with van der Waals surface area (Å²) in [5.74, 6) is 2.85. The molecule has 14 heavy (non-hydrogen) atoms. The van der Waals surface area contributed by atoms with Crippen LogP contribution in [0.2, 0.25) is 0 Å². The summed E-state index contributed by atoms with van der Waals surface area (Å²) in [6.07, 6.45) is 5.02. The van der Waals surface area contributed by atoms with Crippen molar-refractivity contribution in [1.29, 1.82) is 0 Å². The predicted octanol–water partition coefficient (Wildman–Crippen LogP) is 2.34. The molecule has 0 aliphatic rings. The van der Waals surface area contributed by atoms with E-state index in [-0.39, 0.29) is 0 Å². The molecule has 78 valence electrons. The number of aromatic nitrogens is 2. The van der Waals surface area contributed by atoms with Crippen LogP contribution in [0.5, 0.6) is 0 Å². The lowest BCUT2D eigenvalue weighted by molar-refractivity contribution is 0.767. The molecule has 3 nitrogen and oxygen atoms in total. The molecular formula is C10H17N3S. The van der Waals surface area contributed by atoms with Crippen LogP contribution in [0.3, 0.4) is 0 Å². The largest absolute Gasteiger partial charge is 0.366 e. The third-order valence-corrected chi connectivity index (χ3v) is 2.72. The van der Waals surface area contributed by atoms with E-state index in [2.05, 4.69) is 28.5 Å². The molecule has 0 aliphatic heterocycles. The minimum atomic E-state index is 0.499. The van der Waals surface area contributed by atoms with Crippen molar-refractivity contribution in [2.24, 2.45) is 0 Å². The summed E-state index contributed by atoms with van der Waals surface area (Å²) in [5, 5.41) is 3.40. The predicted molar refractivity (Wildman–Crippen MR) is 62.9 cm³/mol. The minimum absolute atomic E-state index is 0.499. The molecule has 1 unspecified atom stereocenters. The van der Waals surface area contributed by atoms with Gasteiger partial charge in [-0.05, 0) is 25.7 Å². The Labute approximate surface area is 89.7 Å². The van der Waals surface area contributed by atoms with Crippen molar-refractivity contribution in [2.45, 2.75) is 26.3 Å². The number of nitrogens with zero attached hydrogens (tertiary/aromatic N) is 2. The molecule has 0 fully saturated rings. The fraction of sp³-hybridized carbons (Fsp3) is 0.600. The van der Waals surface area contributed by atoms with Crippen LogP contribution in [-0.4, -0.2) is 28.0 Å². The molecule has 1 heterocycles. The van der Waals surface area contributed by atoms with Crippen molar-refractivity contribution in [3.8, 4) is 0 Å². The zero-order valence-corrected chi connectivity index (χ0v) is 9.77. The van der Waals surface area contributed by atoms with E-state index in [1.807, 2.05) is 24.8 Å². The van der Waals surface area contributed by atoms with E-state index in [0.29, 0.717) is 6.04 Å². The summed E-state index contributed by atoms with van der Waals surface area (Å²) in [6.45, 7) is 4.09. The Morgan fingerprint density at radius 1 is 1.57 bits per heavy atom. The zero-order chi connectivity index (χ0) is 10.4. The Bertz CT molecular complexity index is 278. The molecule has 1 aromatic rings. The standard InChI is InChI=1S/C10H17N3S/c1-4-9(7-14-3)13-10-5-6-11-8(2)12-10/h5-6,9H,4,7H2,1-3H3,(H,11,12,13). The first-order chi connectivity index (χ1) is 6.76. The average molecular weight is 211 g/mol. The first-order valence-electron chi connectivity index (χ1n) is 4.81. The second-order valence-corrected chi connectivity index (χ2v) is 4.10. The highest BCUT2D eigenvalue weighted by molar-refractivity contribution is 7.98. The van der Waals surface area contributed by atoms with Gasteiger partial charge >= 0.3 is 0 Å². The molecule has 4 heteroatoms. The van der Waals surface area contributed by atoms with Gasteiger partial charge in [0.25, 0.3) is 0 Å². The average Bonchev–Trinajstić information content (AvgIpc) is 2.17. The van der Waals surface area contributed by atoms with Crippen molar-refractivity contribution in [1.82, 2.24) is 9.97 Å². The summed E-state index contributed by atoms with van der Waals surface area (Å²) in [5.41, 5.74) is 0. The monoisotopic (exact) mass is 211 g/mol. The van der Waals surface area contributed by atoms with Crippen LogP contribution in [0.1, 0.15) is 19.2 Å². The van der Waals surface area contributed by atoms with E-state index < -0.39 is 0 Å². The maximum Gasteiger partial charge on any atom is 0.129 e. The molecule has 0 aromatic carbocycles. The number of aryl methyl sites for hydroxylation is 1. The summed E-state index contributed by atoms with van der Waals surface area (Å²) in [7, 11) is 0. The molecule has 0 radical (unpaired) electrons. The number of nitrogens with one attached hydrogen (secondary N) is 1. The number of thioether (sulfide) groups is 1. The zero-order valence-electron chi connectivity index (χ0n) is 8.95. The van der Waals surface area contributed by atoms with Gasteiger partial charge in [0, 0.05) is 18.0 Å². The Morgan fingerprint density at radius 2 is 2.36 bits per heavy atom. The Hall–Kier alpha value is -0.770. The third-order valence-electron chi connectivity index (χ3n) is 1.99. The first kappa shape index (κ1) is 11.3. The molecule has 0 saturated heterocycles. The molecular weight excluding hydrogens is 194 g/mol. The minimum Gasteiger partial charge on any atom is -0.366 e. The highest BCUT2D eigenvalue weighted by atomic mass is 32.2. The van der Waals surface area contributed by atoms with Crippen LogP contribution in [-0.2, 0) is 0 Å². The molecule has 1 N–H and O–H groups in total. The van der Waals surface area contributed by atoms with E-state index in [1.54, 1.807) is 6.20 Å². The van der Waals surface area contributed by atoms with E-state index in [1.165, 1.54) is 0 Å². The van der Waals surface area contributed by atoms with Gasteiger partial charge in [0.2, 0.25) is 0 Å². The maximum absolute atomic E-state index is 4.31. The summed E-state index contributed by atoms with van der Waals surface area (Å²) < 4.78 is 0. The molecule has 1 rings (SSSR count). The molecule has 0 amide bonds. The normalized spacial score (nSPS) is 12.5. The van der Waals surface area contributed by atoms with Gasteiger partial charge in [-0.15, -0.1) is 0 Å². The van der Waals surface area contributed by atoms with Crippen LogP contribution in [0, 0.1) is 6.92 Å². The molecule has 1 aromatic heterocycles. The molecule has 1 atom stereocenters. The topological polar surface area (TPSA) is 37.8 Å². The lowest BCUT2D eigenvalue weighted by Crippen LogP contribution is -2.21. The molecule has 0 bridgehead atoms. The van der Waals surface area contributed by atoms with Gasteiger partial charge in [-0.2, -0.15) is 11.8 Å². The fourth-order valence-electron chi connectivity index (χ4n) is 1.21. The fourth-order valence-corrected chi connectivity index (χ4v) is 1.93. The second kappa shape index (κ2) is 5.86. The highest BCUT2D eigenvalue weighted by Gasteiger charge is 2.05. The smallest absolute Gasteiger partial charge is 0.129 e. The van der Waals surface area contributed by atoms with Gasteiger partial charge in [0.15, 0.2) is 0 Å². The van der Waals surface area contributed by atoms with E-state index in [4.69, 9.17) is 0 Å². The number of rotatable bonds is 5. The Kier molecular flexibility index (Phi) is 4.73. The van der Waals surface area contributed by atoms with Gasteiger partial charge in [-0.1, -0.05) is 6.92 Å². The van der Waals surface area contributed by atoms with E-state index in [0.717, 1.165) is 23.8 Å². The SMILES string of the molecule is CCC(CSC)Nc1ccnc(C)n1. The lowest BCUT2D eigenvalue weighted by Gasteiger charge is -2.16. The van der Waals surface area contributed by atoms with Crippen LogP contribution in [0.15, 0.2) is 12.3 Å². The third kappa shape index (κ3) is 3.54. The van der Waals surface area contributed by atoms with E-state index >= 15 is 0 Å². The van der Waals surface area contributed by atoms with Crippen LogP contribution < -0.4 is 5.32 Å². The lowest BCUT2D eigenvalue weighted by atomic mass is 10.2. The van der Waals surface area contributed by atoms with Gasteiger partial charge in [0.1, 0.15) is 11.6 Å². The number of anilines is 1. The van der Waals surface area contributed by atoms with Crippen molar-refractivity contribution in [2.75, 3.05) is 17.3 Å². The second-order valence-electron chi connectivity index (χ2n) is 3.19. The van der Waals surface area contributed by atoms with Gasteiger partial charge < -0.3 is 5.32 Å². The van der Waals surface area contributed by atoms with Gasteiger partial charge in [-0.25, -0.2) is 9.97 Å². The number of hydrogen-bond donors (Lipinski definition) is 1.